The van der Waals surface area contributed by atoms with Gasteiger partial charge in [-0.05, 0) is 25.7 Å². The van der Waals surface area contributed by atoms with Crippen LogP contribution in [0.4, 0.5) is 5.82 Å². The first-order valence-electron chi connectivity index (χ1n) is 7.36. The van der Waals surface area contributed by atoms with Gasteiger partial charge < -0.3 is 5.32 Å². The SMILES string of the molecule is Cc1nc(NC2CCCCCC2C)cc2n[nH]c(=O)n12. The summed E-state index contributed by atoms with van der Waals surface area (Å²) in [6.07, 6.45) is 6.36. The van der Waals surface area contributed by atoms with Crippen LogP contribution < -0.4 is 11.0 Å². The summed E-state index contributed by atoms with van der Waals surface area (Å²) >= 11 is 0. The van der Waals surface area contributed by atoms with E-state index in [0.29, 0.717) is 23.4 Å². The standard InChI is InChI=1S/C14H21N5O/c1-9-6-4-3-5-7-11(9)16-12-8-13-17-18-14(20)19(13)10(2)15-12/h8-9,11,16H,3-7H2,1-2H3,(H,18,20). The molecule has 2 N–H and O–H groups in total. The molecular weight excluding hydrogens is 254 g/mol. The minimum absolute atomic E-state index is 0.237. The lowest BCUT2D eigenvalue weighted by molar-refractivity contribution is 0.455. The molecule has 2 aromatic rings. The molecule has 0 bridgehead atoms. The Labute approximate surface area is 117 Å². The molecule has 108 valence electrons. The highest BCUT2D eigenvalue weighted by Crippen LogP contribution is 2.25. The van der Waals surface area contributed by atoms with E-state index in [-0.39, 0.29) is 5.69 Å². The van der Waals surface area contributed by atoms with E-state index in [9.17, 15) is 4.79 Å². The molecule has 2 heterocycles. The first-order valence-corrected chi connectivity index (χ1v) is 7.36. The zero-order valence-corrected chi connectivity index (χ0v) is 12.0. The van der Waals surface area contributed by atoms with E-state index in [1.54, 1.807) is 0 Å². The second-order valence-electron chi connectivity index (χ2n) is 5.78. The van der Waals surface area contributed by atoms with Gasteiger partial charge in [0, 0.05) is 12.1 Å². The van der Waals surface area contributed by atoms with Crippen LogP contribution in [0, 0.1) is 12.8 Å². The Hall–Kier alpha value is -1.85. The molecule has 6 heteroatoms. The monoisotopic (exact) mass is 275 g/mol. The Kier molecular flexibility index (Phi) is 3.46. The molecule has 0 saturated heterocycles. The largest absolute Gasteiger partial charge is 0.367 e. The average molecular weight is 275 g/mol. The molecule has 0 spiro atoms. The van der Waals surface area contributed by atoms with Crippen LogP contribution >= 0.6 is 0 Å². The maximum Gasteiger partial charge on any atom is 0.349 e. The van der Waals surface area contributed by atoms with Crippen molar-refractivity contribution in [1.82, 2.24) is 19.6 Å². The molecule has 1 saturated carbocycles. The fourth-order valence-corrected chi connectivity index (χ4v) is 3.07. The van der Waals surface area contributed by atoms with E-state index in [1.807, 2.05) is 13.0 Å². The second-order valence-corrected chi connectivity index (χ2v) is 5.78. The average Bonchev–Trinajstić information content (AvgIpc) is 2.66. The molecule has 0 radical (unpaired) electrons. The molecule has 3 rings (SSSR count). The minimum atomic E-state index is -0.237. The van der Waals surface area contributed by atoms with Gasteiger partial charge in [0.05, 0.1) is 0 Å². The summed E-state index contributed by atoms with van der Waals surface area (Å²) in [6.45, 7) is 4.12. The minimum Gasteiger partial charge on any atom is -0.367 e. The molecule has 2 atom stereocenters. The molecule has 0 amide bonds. The molecule has 2 unspecified atom stereocenters. The third kappa shape index (κ3) is 2.42. The van der Waals surface area contributed by atoms with Gasteiger partial charge in [-0.15, -0.1) is 0 Å². The fourth-order valence-electron chi connectivity index (χ4n) is 3.07. The van der Waals surface area contributed by atoms with Crippen LogP contribution in [0.1, 0.15) is 44.9 Å². The van der Waals surface area contributed by atoms with Gasteiger partial charge in [-0.1, -0.05) is 26.2 Å². The molecule has 1 aliphatic rings. The first-order chi connectivity index (χ1) is 9.65. The van der Waals surface area contributed by atoms with Gasteiger partial charge in [0.25, 0.3) is 0 Å². The van der Waals surface area contributed by atoms with Crippen molar-refractivity contribution < 1.29 is 0 Å². The van der Waals surface area contributed by atoms with Gasteiger partial charge in [-0.25, -0.2) is 19.3 Å². The third-order valence-corrected chi connectivity index (χ3v) is 4.26. The number of H-pyrrole nitrogens is 1. The molecule has 20 heavy (non-hydrogen) atoms. The number of anilines is 1. The molecular formula is C14H21N5O. The quantitative estimate of drug-likeness (QED) is 0.823. The smallest absolute Gasteiger partial charge is 0.349 e. The number of hydrogen-bond donors (Lipinski definition) is 2. The summed E-state index contributed by atoms with van der Waals surface area (Å²) in [6, 6.07) is 2.29. The van der Waals surface area contributed by atoms with Gasteiger partial charge in [-0.2, -0.15) is 5.10 Å². The number of rotatable bonds is 2. The van der Waals surface area contributed by atoms with Crippen molar-refractivity contribution in [2.24, 2.45) is 5.92 Å². The van der Waals surface area contributed by atoms with Crippen LogP contribution in [0.15, 0.2) is 10.9 Å². The second kappa shape index (κ2) is 5.26. The van der Waals surface area contributed by atoms with Crippen molar-refractivity contribution >= 4 is 11.5 Å². The number of aromatic amines is 1. The Morgan fingerprint density at radius 1 is 1.35 bits per heavy atom. The summed E-state index contributed by atoms with van der Waals surface area (Å²) in [5.74, 6) is 2.12. The lowest BCUT2D eigenvalue weighted by atomic mass is 9.97. The summed E-state index contributed by atoms with van der Waals surface area (Å²) in [5.41, 5.74) is 0.380. The van der Waals surface area contributed by atoms with E-state index in [2.05, 4.69) is 27.4 Å². The predicted molar refractivity (Wildman–Crippen MR) is 78.0 cm³/mol. The molecule has 1 aliphatic carbocycles. The van der Waals surface area contributed by atoms with Crippen molar-refractivity contribution in [2.45, 2.75) is 52.0 Å². The molecule has 2 aromatic heterocycles. The first kappa shape index (κ1) is 13.1. The number of fused-ring (bicyclic) bond motifs is 1. The molecule has 0 aromatic carbocycles. The van der Waals surface area contributed by atoms with E-state index < -0.39 is 0 Å². The van der Waals surface area contributed by atoms with Crippen molar-refractivity contribution in [2.75, 3.05) is 5.32 Å². The van der Waals surface area contributed by atoms with E-state index >= 15 is 0 Å². The molecule has 0 aliphatic heterocycles. The van der Waals surface area contributed by atoms with Crippen molar-refractivity contribution in [3.05, 3.63) is 22.4 Å². The number of aromatic nitrogens is 4. The highest BCUT2D eigenvalue weighted by molar-refractivity contribution is 5.50. The van der Waals surface area contributed by atoms with E-state index in [1.165, 1.54) is 36.5 Å². The summed E-state index contributed by atoms with van der Waals surface area (Å²) in [5, 5.41) is 10.0. The molecule has 1 fully saturated rings. The Morgan fingerprint density at radius 3 is 3.00 bits per heavy atom. The van der Waals surface area contributed by atoms with Gasteiger partial charge in [0.15, 0.2) is 5.65 Å². The summed E-state index contributed by atoms with van der Waals surface area (Å²) in [7, 11) is 0. The van der Waals surface area contributed by atoms with Gasteiger partial charge in [0.2, 0.25) is 0 Å². The van der Waals surface area contributed by atoms with Crippen LogP contribution in [0.2, 0.25) is 0 Å². The van der Waals surface area contributed by atoms with Gasteiger partial charge >= 0.3 is 5.69 Å². The Balaban J connectivity index is 1.88. The number of aryl methyl sites for hydroxylation is 1. The number of nitrogens with zero attached hydrogens (tertiary/aromatic N) is 3. The normalized spacial score (nSPS) is 23.7. The van der Waals surface area contributed by atoms with Crippen LogP contribution in [0.25, 0.3) is 5.65 Å². The van der Waals surface area contributed by atoms with Crippen molar-refractivity contribution in [1.29, 1.82) is 0 Å². The van der Waals surface area contributed by atoms with Crippen molar-refractivity contribution in [3.63, 3.8) is 0 Å². The lowest BCUT2D eigenvalue weighted by Crippen LogP contribution is -2.27. The fraction of sp³-hybridized carbons (Fsp3) is 0.643. The third-order valence-electron chi connectivity index (χ3n) is 4.26. The highest BCUT2D eigenvalue weighted by Gasteiger charge is 2.20. The number of nitrogens with one attached hydrogen (secondary N) is 2. The van der Waals surface area contributed by atoms with E-state index in [4.69, 9.17) is 0 Å². The van der Waals surface area contributed by atoms with Crippen LogP contribution in [0.3, 0.4) is 0 Å². The Bertz CT molecular complexity index is 659. The van der Waals surface area contributed by atoms with Gasteiger partial charge in [0.1, 0.15) is 11.6 Å². The number of hydrogen-bond acceptors (Lipinski definition) is 4. The van der Waals surface area contributed by atoms with E-state index in [0.717, 1.165) is 5.82 Å². The maximum atomic E-state index is 11.6. The van der Waals surface area contributed by atoms with Gasteiger partial charge in [-0.3, -0.25) is 0 Å². The molecule has 6 nitrogen and oxygen atoms in total. The zero-order valence-electron chi connectivity index (χ0n) is 12.0. The summed E-state index contributed by atoms with van der Waals surface area (Å²) in [4.78, 5) is 16.1. The Morgan fingerprint density at radius 2 is 2.15 bits per heavy atom. The predicted octanol–water partition coefficient (Wildman–Crippen LogP) is 2.11. The zero-order chi connectivity index (χ0) is 14.1. The highest BCUT2D eigenvalue weighted by atomic mass is 16.1. The summed E-state index contributed by atoms with van der Waals surface area (Å²) < 4.78 is 1.49. The van der Waals surface area contributed by atoms with Crippen LogP contribution in [0.5, 0.6) is 0 Å². The van der Waals surface area contributed by atoms with Crippen LogP contribution in [-0.2, 0) is 0 Å². The van der Waals surface area contributed by atoms with Crippen LogP contribution in [-0.4, -0.2) is 25.6 Å². The topological polar surface area (TPSA) is 75.1 Å². The lowest BCUT2D eigenvalue weighted by Gasteiger charge is -2.23. The van der Waals surface area contributed by atoms with Crippen molar-refractivity contribution in [3.8, 4) is 0 Å². The maximum absolute atomic E-state index is 11.6.